The van der Waals surface area contributed by atoms with E-state index in [4.69, 9.17) is 11.5 Å². The molecule has 0 saturated carbocycles. The van der Waals surface area contributed by atoms with Gasteiger partial charge in [0.1, 0.15) is 0 Å². The fraction of sp³-hybridized carbons (Fsp3) is 0.333. The second kappa shape index (κ2) is 6.92. The van der Waals surface area contributed by atoms with Gasteiger partial charge in [0.25, 0.3) is 0 Å². The lowest BCUT2D eigenvalue weighted by Gasteiger charge is -1.97. The van der Waals surface area contributed by atoms with Crippen molar-refractivity contribution in [3.05, 3.63) is 12.2 Å². The number of carboxylic acids is 1. The van der Waals surface area contributed by atoms with E-state index >= 15 is 0 Å². The number of aliphatic carboxylic acids is 1. The van der Waals surface area contributed by atoms with Crippen molar-refractivity contribution in [1.29, 1.82) is 0 Å². The molecule has 0 aliphatic heterocycles. The number of terminal acetylenes is 1. The van der Waals surface area contributed by atoms with E-state index in [-0.39, 0.29) is 0 Å². The highest BCUT2D eigenvalue weighted by atomic mass is 16.4. The average Bonchev–Trinajstić information content (AvgIpc) is 2.09. The summed E-state index contributed by atoms with van der Waals surface area (Å²) in [6.45, 7) is 0.465. The van der Waals surface area contributed by atoms with Gasteiger partial charge >= 0.3 is 5.97 Å². The molecule has 0 unspecified atom stereocenters. The van der Waals surface area contributed by atoms with Crippen LogP contribution in [-0.4, -0.2) is 23.5 Å². The fourth-order valence-corrected chi connectivity index (χ4v) is 0.608. The lowest BCUT2D eigenvalue weighted by atomic mass is 10.3. The highest BCUT2D eigenvalue weighted by Gasteiger charge is 1.94. The minimum Gasteiger partial charge on any atom is -0.478 e. The molecule has 0 aromatic heterocycles. The number of nitrogens with one attached hydrogen (secondary N) is 1. The number of unbranched alkanes of at least 4 members (excludes halogenated alkanes) is 1. The van der Waals surface area contributed by atoms with Crippen molar-refractivity contribution in [3.8, 4) is 12.3 Å². The van der Waals surface area contributed by atoms with Crippen LogP contribution in [0.15, 0.2) is 12.2 Å². The van der Waals surface area contributed by atoms with E-state index in [2.05, 4.69) is 11.2 Å². The van der Waals surface area contributed by atoms with Crippen LogP contribution in [0, 0.1) is 12.3 Å². The van der Waals surface area contributed by atoms with Crippen LogP contribution < -0.4 is 5.32 Å². The summed E-state index contributed by atoms with van der Waals surface area (Å²) >= 11 is 0. The van der Waals surface area contributed by atoms with E-state index in [9.17, 15) is 9.59 Å². The van der Waals surface area contributed by atoms with Gasteiger partial charge in [-0.25, -0.2) is 4.79 Å². The second-order valence-corrected chi connectivity index (χ2v) is 2.27. The monoisotopic (exact) mass is 181 g/mol. The number of hydrogen-bond donors (Lipinski definition) is 2. The number of carbonyl (C=O) groups is 2. The molecule has 13 heavy (non-hydrogen) atoms. The SMILES string of the molecule is C#CCCCNC(=O)C=CC(=O)O. The van der Waals surface area contributed by atoms with Gasteiger partial charge in [-0.1, -0.05) is 0 Å². The summed E-state index contributed by atoms with van der Waals surface area (Å²) in [6.07, 6.45) is 8.05. The molecule has 0 aliphatic carbocycles. The highest BCUT2D eigenvalue weighted by Crippen LogP contribution is 1.83. The summed E-state index contributed by atoms with van der Waals surface area (Å²) in [5.41, 5.74) is 0. The second-order valence-electron chi connectivity index (χ2n) is 2.27. The maximum Gasteiger partial charge on any atom is 0.328 e. The minimum atomic E-state index is -1.14. The van der Waals surface area contributed by atoms with Gasteiger partial charge in [-0.05, 0) is 6.42 Å². The first-order valence-electron chi connectivity index (χ1n) is 3.79. The number of carboxylic acid groups (broad SMARTS) is 1. The van der Waals surface area contributed by atoms with Gasteiger partial charge < -0.3 is 10.4 Å². The maximum absolute atomic E-state index is 10.8. The molecule has 0 aliphatic rings. The molecule has 2 N–H and O–H groups in total. The molecular formula is C9H11NO3. The predicted octanol–water partition coefficient (Wildman–Crippen LogP) is 0.157. The molecule has 4 heteroatoms. The number of amides is 1. The molecule has 1 amide bonds. The fourth-order valence-electron chi connectivity index (χ4n) is 0.608. The smallest absolute Gasteiger partial charge is 0.328 e. The van der Waals surface area contributed by atoms with Gasteiger partial charge in [0.15, 0.2) is 0 Å². The van der Waals surface area contributed by atoms with Gasteiger partial charge in [0, 0.05) is 25.1 Å². The third kappa shape index (κ3) is 8.14. The Hall–Kier alpha value is -1.76. The number of carbonyl (C=O) groups excluding carboxylic acids is 1. The maximum atomic E-state index is 10.8. The molecule has 0 spiro atoms. The number of hydrogen-bond acceptors (Lipinski definition) is 2. The summed E-state index contributed by atoms with van der Waals surface area (Å²) in [4.78, 5) is 20.8. The molecule has 0 fully saturated rings. The summed E-state index contributed by atoms with van der Waals surface area (Å²) < 4.78 is 0. The van der Waals surface area contributed by atoms with Crippen molar-refractivity contribution in [1.82, 2.24) is 5.32 Å². The van der Waals surface area contributed by atoms with Gasteiger partial charge in [0.2, 0.25) is 5.91 Å². The van der Waals surface area contributed by atoms with E-state index in [1.54, 1.807) is 0 Å². The van der Waals surface area contributed by atoms with Crippen molar-refractivity contribution in [3.63, 3.8) is 0 Å². The molecule has 0 saturated heterocycles. The molecule has 0 aromatic carbocycles. The quantitative estimate of drug-likeness (QED) is 0.360. The lowest BCUT2D eigenvalue weighted by Crippen LogP contribution is -2.22. The molecule has 0 bridgehead atoms. The molecule has 4 nitrogen and oxygen atoms in total. The summed E-state index contributed by atoms with van der Waals surface area (Å²) in [5, 5.41) is 10.7. The predicted molar refractivity (Wildman–Crippen MR) is 47.9 cm³/mol. The van der Waals surface area contributed by atoms with E-state index in [1.165, 1.54) is 0 Å². The van der Waals surface area contributed by atoms with Crippen molar-refractivity contribution in [2.45, 2.75) is 12.8 Å². The Morgan fingerprint density at radius 1 is 1.46 bits per heavy atom. The third-order valence-electron chi connectivity index (χ3n) is 1.17. The van der Waals surface area contributed by atoms with Crippen LogP contribution in [0.25, 0.3) is 0 Å². The first-order valence-corrected chi connectivity index (χ1v) is 3.79. The minimum absolute atomic E-state index is 0.417. The van der Waals surface area contributed by atoms with Gasteiger partial charge in [0.05, 0.1) is 0 Å². The summed E-state index contributed by atoms with van der Waals surface area (Å²) in [6, 6.07) is 0. The van der Waals surface area contributed by atoms with Crippen LogP contribution in [-0.2, 0) is 9.59 Å². The largest absolute Gasteiger partial charge is 0.478 e. The van der Waals surface area contributed by atoms with Crippen LogP contribution in [0.3, 0.4) is 0 Å². The topological polar surface area (TPSA) is 66.4 Å². The van der Waals surface area contributed by atoms with Crippen molar-refractivity contribution >= 4 is 11.9 Å². The molecule has 0 aromatic rings. The van der Waals surface area contributed by atoms with Crippen LogP contribution in [0.4, 0.5) is 0 Å². The van der Waals surface area contributed by atoms with Crippen LogP contribution in [0.2, 0.25) is 0 Å². The van der Waals surface area contributed by atoms with Crippen molar-refractivity contribution in [2.24, 2.45) is 0 Å². The third-order valence-corrected chi connectivity index (χ3v) is 1.17. The van der Waals surface area contributed by atoms with Crippen molar-refractivity contribution in [2.75, 3.05) is 6.54 Å². The Morgan fingerprint density at radius 3 is 2.69 bits per heavy atom. The van der Waals surface area contributed by atoms with E-state index < -0.39 is 11.9 Å². The molecule has 70 valence electrons. The highest BCUT2D eigenvalue weighted by molar-refractivity contribution is 5.93. The van der Waals surface area contributed by atoms with Gasteiger partial charge in [-0.15, -0.1) is 12.3 Å². The zero-order valence-electron chi connectivity index (χ0n) is 7.12. The van der Waals surface area contributed by atoms with Crippen molar-refractivity contribution < 1.29 is 14.7 Å². The summed E-state index contributed by atoms with van der Waals surface area (Å²) in [5.74, 6) is 0.871. The lowest BCUT2D eigenvalue weighted by molar-refractivity contribution is -0.131. The normalized spacial score (nSPS) is 9.46. The number of rotatable bonds is 5. The first-order chi connectivity index (χ1) is 6.16. The zero-order chi connectivity index (χ0) is 10.1. The molecule has 0 heterocycles. The first kappa shape index (κ1) is 11.2. The van der Waals surface area contributed by atoms with Crippen LogP contribution in [0.1, 0.15) is 12.8 Å². The Bertz CT molecular complexity index is 250. The standard InChI is InChI=1S/C9H11NO3/c1-2-3-4-7-10-8(11)5-6-9(12)13/h1,5-6H,3-4,7H2,(H,10,11)(H,12,13). The van der Waals surface area contributed by atoms with E-state index in [1.807, 2.05) is 0 Å². The molecule has 0 atom stereocenters. The van der Waals surface area contributed by atoms with E-state index in [0.29, 0.717) is 19.4 Å². The van der Waals surface area contributed by atoms with Gasteiger partial charge in [-0.3, -0.25) is 4.79 Å². The molecule has 0 radical (unpaired) electrons. The Kier molecular flexibility index (Phi) is 5.98. The Labute approximate surface area is 76.6 Å². The zero-order valence-corrected chi connectivity index (χ0v) is 7.12. The van der Waals surface area contributed by atoms with Crippen LogP contribution >= 0.6 is 0 Å². The molecular weight excluding hydrogens is 170 g/mol. The Balaban J connectivity index is 3.53. The summed E-state index contributed by atoms with van der Waals surface area (Å²) in [7, 11) is 0. The van der Waals surface area contributed by atoms with Gasteiger partial charge in [-0.2, -0.15) is 0 Å². The van der Waals surface area contributed by atoms with E-state index in [0.717, 1.165) is 12.2 Å². The molecule has 0 rings (SSSR count). The Morgan fingerprint density at radius 2 is 2.15 bits per heavy atom. The van der Waals surface area contributed by atoms with Crippen LogP contribution in [0.5, 0.6) is 0 Å². The average molecular weight is 181 g/mol.